The zero-order valence-electron chi connectivity index (χ0n) is 18.3. The van der Waals surface area contributed by atoms with Gasteiger partial charge >= 0.3 is 6.18 Å². The number of hydrogen-bond donors (Lipinski definition) is 1. The van der Waals surface area contributed by atoms with Crippen LogP contribution in [0.1, 0.15) is 33.6 Å². The number of nitrogens with zero attached hydrogens (tertiary/aromatic N) is 1. The maximum atomic E-state index is 13.1. The fourth-order valence-electron chi connectivity index (χ4n) is 3.70. The average Bonchev–Trinajstić information content (AvgIpc) is 3.07. The molecule has 0 saturated heterocycles. The third kappa shape index (κ3) is 6.55. The highest BCUT2D eigenvalue weighted by Crippen LogP contribution is 2.31. The molecule has 0 aliphatic rings. The fourth-order valence-corrected chi connectivity index (χ4v) is 4.21. The van der Waals surface area contributed by atoms with Gasteiger partial charge in [-0.25, -0.2) is 13.1 Å². The molecule has 1 N–H and O–H groups in total. The highest BCUT2D eigenvalue weighted by Gasteiger charge is 2.30. The van der Waals surface area contributed by atoms with Crippen LogP contribution in [0.4, 0.5) is 13.2 Å². The maximum absolute atomic E-state index is 13.1. The number of alkyl halides is 3. The average molecular weight is 479 g/mol. The number of carbonyl (C=O) groups is 1. The van der Waals surface area contributed by atoms with Crippen LogP contribution in [-0.2, 0) is 29.2 Å². The highest BCUT2D eigenvalue weighted by molar-refractivity contribution is 7.88. The molecule has 2 aromatic carbocycles. The largest absolute Gasteiger partial charge is 0.416 e. The predicted molar refractivity (Wildman–Crippen MR) is 122 cm³/mol. The number of hydrogen-bond acceptors (Lipinski definition) is 3. The van der Waals surface area contributed by atoms with Crippen LogP contribution in [0.15, 0.2) is 60.7 Å². The van der Waals surface area contributed by atoms with Gasteiger partial charge in [-0.1, -0.05) is 48.5 Å². The number of nitrogens with one attached hydrogen (secondary N) is 1. The van der Waals surface area contributed by atoms with Crippen LogP contribution < -0.4 is 4.72 Å². The first-order valence-corrected chi connectivity index (χ1v) is 12.2. The van der Waals surface area contributed by atoms with Gasteiger partial charge < -0.3 is 4.57 Å². The second-order valence-electron chi connectivity index (χ2n) is 7.86. The van der Waals surface area contributed by atoms with Crippen molar-refractivity contribution in [2.75, 3.05) is 12.8 Å². The first kappa shape index (κ1) is 24.7. The summed E-state index contributed by atoms with van der Waals surface area (Å²) in [6.45, 7) is 2.50. The monoisotopic (exact) mass is 478 g/mol. The molecule has 9 heteroatoms. The summed E-state index contributed by atoms with van der Waals surface area (Å²) < 4.78 is 66.1. The van der Waals surface area contributed by atoms with Crippen LogP contribution in [0.5, 0.6) is 0 Å². The Morgan fingerprint density at radius 1 is 1.03 bits per heavy atom. The first-order valence-electron chi connectivity index (χ1n) is 10.4. The lowest BCUT2D eigenvalue weighted by molar-refractivity contribution is -0.137. The molecule has 33 heavy (non-hydrogen) atoms. The zero-order chi connectivity index (χ0) is 24.2. The molecule has 1 heterocycles. The summed E-state index contributed by atoms with van der Waals surface area (Å²) in [5, 5.41) is 0. The van der Waals surface area contributed by atoms with Crippen molar-refractivity contribution in [2.24, 2.45) is 0 Å². The number of ketones is 1. The second kappa shape index (κ2) is 9.93. The van der Waals surface area contributed by atoms with E-state index in [-0.39, 0.29) is 18.7 Å². The van der Waals surface area contributed by atoms with E-state index >= 15 is 0 Å². The molecule has 5 nitrogen and oxygen atoms in total. The third-order valence-corrected chi connectivity index (χ3v) is 6.01. The van der Waals surface area contributed by atoms with Crippen molar-refractivity contribution in [3.05, 3.63) is 83.0 Å². The van der Waals surface area contributed by atoms with E-state index < -0.39 is 21.8 Å². The number of carbonyl (C=O) groups excluding carboxylic acids is 1. The van der Waals surface area contributed by atoms with E-state index in [2.05, 4.69) is 4.72 Å². The zero-order valence-corrected chi connectivity index (χ0v) is 19.1. The molecule has 0 aliphatic carbocycles. The molecule has 0 saturated carbocycles. The van der Waals surface area contributed by atoms with Crippen molar-refractivity contribution >= 4 is 15.8 Å². The van der Waals surface area contributed by atoms with Crippen LogP contribution in [0.3, 0.4) is 0 Å². The highest BCUT2D eigenvalue weighted by atomic mass is 32.2. The molecule has 3 rings (SSSR count). The Hall–Kier alpha value is -2.91. The van der Waals surface area contributed by atoms with Crippen molar-refractivity contribution in [2.45, 2.75) is 32.5 Å². The molecule has 0 bridgehead atoms. The van der Waals surface area contributed by atoms with Gasteiger partial charge in [0.25, 0.3) is 0 Å². The molecule has 0 fully saturated rings. The van der Waals surface area contributed by atoms with E-state index in [1.165, 1.54) is 12.1 Å². The molecule has 176 valence electrons. The van der Waals surface area contributed by atoms with Gasteiger partial charge in [-0.3, -0.25) is 4.79 Å². The number of halogens is 3. The minimum absolute atomic E-state index is 0.154. The van der Waals surface area contributed by atoms with E-state index in [1.807, 2.05) is 34.9 Å². The summed E-state index contributed by atoms with van der Waals surface area (Å²) in [6.07, 6.45) is -3.03. The summed E-state index contributed by atoms with van der Waals surface area (Å²) in [5.74, 6) is -0.281. The number of aromatic nitrogens is 1. The third-order valence-electron chi connectivity index (χ3n) is 5.28. The van der Waals surface area contributed by atoms with Crippen molar-refractivity contribution in [3.63, 3.8) is 0 Å². The van der Waals surface area contributed by atoms with Gasteiger partial charge in [-0.15, -0.1) is 0 Å². The Bertz CT molecular complexity index is 1230. The lowest BCUT2D eigenvalue weighted by atomic mass is 10.0. The van der Waals surface area contributed by atoms with Crippen LogP contribution in [-0.4, -0.2) is 31.6 Å². The first-order chi connectivity index (χ1) is 15.5. The van der Waals surface area contributed by atoms with Gasteiger partial charge in [-0.05, 0) is 36.6 Å². The van der Waals surface area contributed by atoms with Crippen molar-refractivity contribution in [1.29, 1.82) is 0 Å². The van der Waals surface area contributed by atoms with Crippen LogP contribution in [0, 0.1) is 6.92 Å². The lowest BCUT2D eigenvalue weighted by Crippen LogP contribution is -2.24. The van der Waals surface area contributed by atoms with E-state index in [1.54, 1.807) is 13.0 Å². The predicted octanol–water partition coefficient (Wildman–Crippen LogP) is 4.85. The molecule has 3 aromatic rings. The molecule has 1 aromatic heterocycles. The van der Waals surface area contributed by atoms with Crippen LogP contribution in [0.2, 0.25) is 0 Å². The summed E-state index contributed by atoms with van der Waals surface area (Å²) in [4.78, 5) is 13.1. The van der Waals surface area contributed by atoms with Gasteiger partial charge in [-0.2, -0.15) is 13.2 Å². The molecular formula is C24H25F3N2O3S. The number of Topliss-reactive ketones (excluding diaryl/α,β-unsaturated/α-hetero) is 1. The molecule has 0 atom stereocenters. The van der Waals surface area contributed by atoms with Gasteiger partial charge in [0.05, 0.1) is 11.8 Å². The Morgan fingerprint density at radius 2 is 1.73 bits per heavy atom. The van der Waals surface area contributed by atoms with E-state index in [0.717, 1.165) is 29.6 Å². The number of benzene rings is 2. The van der Waals surface area contributed by atoms with Crippen LogP contribution >= 0.6 is 0 Å². The maximum Gasteiger partial charge on any atom is 0.416 e. The topological polar surface area (TPSA) is 68.2 Å². The minimum atomic E-state index is -4.47. The Kier molecular flexibility index (Phi) is 7.44. The quantitative estimate of drug-likeness (QED) is 0.353. The van der Waals surface area contributed by atoms with E-state index in [0.29, 0.717) is 29.8 Å². The summed E-state index contributed by atoms with van der Waals surface area (Å²) in [5.41, 5.74) is 2.30. The number of rotatable bonds is 9. The summed E-state index contributed by atoms with van der Waals surface area (Å²) in [6, 6.07) is 16.0. The molecular weight excluding hydrogens is 453 g/mol. The van der Waals surface area contributed by atoms with Gasteiger partial charge in [0.15, 0.2) is 5.78 Å². The normalized spacial score (nSPS) is 12.2. The Morgan fingerprint density at radius 3 is 2.36 bits per heavy atom. The molecule has 0 amide bonds. The van der Waals surface area contributed by atoms with Crippen molar-refractivity contribution < 1.29 is 26.4 Å². The second-order valence-corrected chi connectivity index (χ2v) is 9.70. The lowest BCUT2D eigenvalue weighted by Gasteiger charge is -2.12. The SMILES string of the molecule is Cc1c(C(=O)Cc2cccc(C(F)(F)F)c2)cc(-c2ccccc2)n1CCCNS(C)(=O)=O. The smallest absolute Gasteiger partial charge is 0.344 e. The van der Waals surface area contributed by atoms with E-state index in [9.17, 15) is 26.4 Å². The summed E-state index contributed by atoms with van der Waals surface area (Å²) >= 11 is 0. The Balaban J connectivity index is 1.89. The molecule has 0 unspecified atom stereocenters. The summed E-state index contributed by atoms with van der Waals surface area (Å²) in [7, 11) is -3.30. The van der Waals surface area contributed by atoms with Crippen LogP contribution in [0.25, 0.3) is 11.3 Å². The molecule has 0 radical (unpaired) electrons. The standard InChI is InChI=1S/C24H25F3N2O3S/c1-17-21(23(30)15-18-8-6-11-20(14-18)24(25,26)27)16-22(19-9-4-3-5-10-19)29(17)13-7-12-28-33(2,31)32/h3-6,8-11,14,16,28H,7,12-13,15H2,1-2H3. The Labute approximate surface area is 191 Å². The molecule has 0 aliphatic heterocycles. The molecule has 0 spiro atoms. The minimum Gasteiger partial charge on any atom is -0.344 e. The van der Waals surface area contributed by atoms with Crippen molar-refractivity contribution in [3.8, 4) is 11.3 Å². The van der Waals surface area contributed by atoms with Crippen molar-refractivity contribution in [1.82, 2.24) is 9.29 Å². The van der Waals surface area contributed by atoms with Gasteiger partial charge in [0, 0.05) is 36.5 Å². The van der Waals surface area contributed by atoms with Gasteiger partial charge in [0.2, 0.25) is 10.0 Å². The number of sulfonamides is 1. The fraction of sp³-hybridized carbons (Fsp3) is 0.292. The van der Waals surface area contributed by atoms with Gasteiger partial charge in [0.1, 0.15) is 0 Å². The van der Waals surface area contributed by atoms with E-state index in [4.69, 9.17) is 0 Å².